The van der Waals surface area contributed by atoms with Crippen LogP contribution in [0.3, 0.4) is 0 Å². The molecule has 0 radical (unpaired) electrons. The summed E-state index contributed by atoms with van der Waals surface area (Å²) in [5.74, 6) is -0.401. The van der Waals surface area contributed by atoms with Gasteiger partial charge in [-0.15, -0.1) is 0 Å². The monoisotopic (exact) mass is 357 g/mol. The minimum atomic E-state index is -4.00. The number of carbonyl (C=O) groups excluding carboxylic acids is 1. The van der Waals surface area contributed by atoms with E-state index in [1.165, 1.54) is 4.90 Å². The second-order valence-corrected chi connectivity index (χ2v) is 7.46. The molecule has 1 heterocycles. The van der Waals surface area contributed by atoms with Crippen LogP contribution in [0.1, 0.15) is 10.4 Å². The predicted molar refractivity (Wildman–Crippen MR) is 76.2 cm³/mol. The van der Waals surface area contributed by atoms with Gasteiger partial charge in [-0.2, -0.15) is 0 Å². The highest BCUT2D eigenvalue weighted by atomic mass is 35.7. The van der Waals surface area contributed by atoms with E-state index in [0.29, 0.717) is 26.3 Å². The summed E-state index contributed by atoms with van der Waals surface area (Å²) in [7, 11) is 1.28. The summed E-state index contributed by atoms with van der Waals surface area (Å²) in [6, 6.07) is 2.25. The van der Waals surface area contributed by atoms with E-state index in [2.05, 4.69) is 0 Å². The van der Waals surface area contributed by atoms with Crippen LogP contribution in [0.5, 0.6) is 0 Å². The Labute approximate surface area is 130 Å². The highest BCUT2D eigenvalue weighted by molar-refractivity contribution is 8.13. The zero-order valence-corrected chi connectivity index (χ0v) is 13.2. The standard InChI is InChI=1S/C11H10Cl3NO4S/c12-9-6-7(20(14,17)18)5-8(10(9)13)11(16)15-1-3-19-4-2-15/h5-6H,1-4H2. The maximum Gasteiger partial charge on any atom is 0.261 e. The molecule has 0 N–H and O–H groups in total. The molecule has 5 nitrogen and oxygen atoms in total. The van der Waals surface area contributed by atoms with E-state index < -0.39 is 15.0 Å². The molecule has 0 aliphatic carbocycles. The third-order valence-electron chi connectivity index (χ3n) is 2.81. The van der Waals surface area contributed by atoms with Crippen LogP contribution in [0.25, 0.3) is 0 Å². The lowest BCUT2D eigenvalue weighted by molar-refractivity contribution is 0.0303. The van der Waals surface area contributed by atoms with Crippen molar-refractivity contribution >= 4 is 48.8 Å². The van der Waals surface area contributed by atoms with Crippen LogP contribution in [0, 0.1) is 0 Å². The Morgan fingerprint density at radius 1 is 1.20 bits per heavy atom. The lowest BCUT2D eigenvalue weighted by Crippen LogP contribution is -2.40. The summed E-state index contributed by atoms with van der Waals surface area (Å²) in [5, 5.41) is -0.0303. The average Bonchev–Trinajstić information content (AvgIpc) is 2.40. The Bertz CT molecular complexity index is 641. The largest absolute Gasteiger partial charge is 0.378 e. The zero-order chi connectivity index (χ0) is 14.9. The van der Waals surface area contributed by atoms with Crippen molar-refractivity contribution in [3.8, 4) is 0 Å². The van der Waals surface area contributed by atoms with Gasteiger partial charge in [-0.3, -0.25) is 4.79 Å². The van der Waals surface area contributed by atoms with Crippen LogP contribution in [-0.4, -0.2) is 45.5 Å². The van der Waals surface area contributed by atoms with Crippen molar-refractivity contribution in [2.24, 2.45) is 0 Å². The van der Waals surface area contributed by atoms with Crippen molar-refractivity contribution in [3.63, 3.8) is 0 Å². The minimum Gasteiger partial charge on any atom is -0.378 e. The lowest BCUT2D eigenvalue weighted by Gasteiger charge is -2.27. The van der Waals surface area contributed by atoms with Gasteiger partial charge in [-0.05, 0) is 12.1 Å². The van der Waals surface area contributed by atoms with Gasteiger partial charge in [0, 0.05) is 23.8 Å². The Morgan fingerprint density at radius 3 is 2.35 bits per heavy atom. The Balaban J connectivity index is 2.44. The van der Waals surface area contributed by atoms with Gasteiger partial charge in [0.2, 0.25) is 0 Å². The summed E-state index contributed by atoms with van der Waals surface area (Å²) in [4.78, 5) is 13.6. The van der Waals surface area contributed by atoms with Gasteiger partial charge in [-0.1, -0.05) is 23.2 Å². The summed E-state index contributed by atoms with van der Waals surface area (Å²) >= 11 is 11.8. The van der Waals surface area contributed by atoms with E-state index in [4.69, 9.17) is 38.6 Å². The van der Waals surface area contributed by atoms with Crippen LogP contribution >= 0.6 is 33.9 Å². The molecule has 0 spiro atoms. The molecular weight excluding hydrogens is 349 g/mol. The van der Waals surface area contributed by atoms with Crippen molar-refractivity contribution in [2.45, 2.75) is 4.90 Å². The molecule has 1 aliphatic rings. The molecule has 0 saturated carbocycles. The fraction of sp³-hybridized carbons (Fsp3) is 0.364. The minimum absolute atomic E-state index is 0.00669. The lowest BCUT2D eigenvalue weighted by atomic mass is 10.2. The molecule has 2 rings (SSSR count). The molecule has 1 fully saturated rings. The predicted octanol–water partition coefficient (Wildman–Crippen LogP) is 2.39. The van der Waals surface area contributed by atoms with Crippen LogP contribution in [0.4, 0.5) is 0 Å². The van der Waals surface area contributed by atoms with Crippen LogP contribution < -0.4 is 0 Å². The molecule has 1 amide bonds. The second kappa shape index (κ2) is 6.07. The molecule has 0 bridgehead atoms. The Kier molecular flexibility index (Phi) is 4.81. The van der Waals surface area contributed by atoms with Gasteiger partial charge < -0.3 is 9.64 Å². The summed E-state index contributed by atoms with van der Waals surface area (Å²) < 4.78 is 27.9. The molecule has 20 heavy (non-hydrogen) atoms. The number of hydrogen-bond donors (Lipinski definition) is 0. The van der Waals surface area contributed by atoms with E-state index in [1.807, 2.05) is 0 Å². The third-order valence-corrected chi connectivity index (χ3v) is 4.95. The smallest absolute Gasteiger partial charge is 0.261 e. The molecule has 1 aromatic carbocycles. The highest BCUT2D eigenvalue weighted by Crippen LogP contribution is 2.31. The topological polar surface area (TPSA) is 63.7 Å². The maximum absolute atomic E-state index is 12.3. The zero-order valence-electron chi connectivity index (χ0n) is 10.1. The van der Waals surface area contributed by atoms with Crippen LogP contribution in [0.15, 0.2) is 17.0 Å². The highest BCUT2D eigenvalue weighted by Gasteiger charge is 2.24. The molecule has 0 aromatic heterocycles. The first-order valence-electron chi connectivity index (χ1n) is 5.61. The molecular formula is C11H10Cl3NO4S. The first-order chi connectivity index (χ1) is 9.30. The van der Waals surface area contributed by atoms with Crippen molar-refractivity contribution in [1.29, 1.82) is 0 Å². The number of halogens is 3. The van der Waals surface area contributed by atoms with E-state index >= 15 is 0 Å². The Hall–Kier alpha value is -0.530. The quantitative estimate of drug-likeness (QED) is 0.762. The second-order valence-electron chi connectivity index (χ2n) is 4.11. The van der Waals surface area contributed by atoms with E-state index in [0.717, 1.165) is 12.1 Å². The van der Waals surface area contributed by atoms with Gasteiger partial charge in [-0.25, -0.2) is 8.42 Å². The summed E-state index contributed by atoms with van der Waals surface area (Å²) in [6.45, 7) is 1.66. The molecule has 0 atom stereocenters. The van der Waals surface area contributed by atoms with Crippen molar-refractivity contribution in [1.82, 2.24) is 4.90 Å². The van der Waals surface area contributed by atoms with Gasteiger partial charge >= 0.3 is 0 Å². The summed E-state index contributed by atoms with van der Waals surface area (Å²) in [5.41, 5.74) is 0.0142. The van der Waals surface area contributed by atoms with Gasteiger partial charge in [0.25, 0.3) is 15.0 Å². The average molecular weight is 359 g/mol. The van der Waals surface area contributed by atoms with Gasteiger partial charge in [0.15, 0.2) is 0 Å². The van der Waals surface area contributed by atoms with Crippen molar-refractivity contribution < 1.29 is 17.9 Å². The number of rotatable bonds is 2. The molecule has 9 heteroatoms. The number of carbonyl (C=O) groups is 1. The van der Waals surface area contributed by atoms with Crippen LogP contribution in [0.2, 0.25) is 10.0 Å². The maximum atomic E-state index is 12.3. The number of ether oxygens (including phenoxy) is 1. The van der Waals surface area contributed by atoms with Gasteiger partial charge in [0.1, 0.15) is 0 Å². The summed E-state index contributed by atoms with van der Waals surface area (Å²) in [6.07, 6.45) is 0. The van der Waals surface area contributed by atoms with E-state index in [9.17, 15) is 13.2 Å². The molecule has 1 saturated heterocycles. The number of amides is 1. The first-order valence-corrected chi connectivity index (χ1v) is 8.68. The number of hydrogen-bond acceptors (Lipinski definition) is 4. The van der Waals surface area contributed by atoms with E-state index in [1.54, 1.807) is 0 Å². The normalized spacial score (nSPS) is 16.2. The SMILES string of the molecule is O=C(c1cc(S(=O)(=O)Cl)cc(Cl)c1Cl)N1CCOCC1. The number of benzene rings is 1. The van der Waals surface area contributed by atoms with Crippen molar-refractivity contribution in [3.05, 3.63) is 27.7 Å². The molecule has 1 aliphatic heterocycles. The molecule has 1 aromatic rings. The molecule has 0 unspecified atom stereocenters. The van der Waals surface area contributed by atoms with E-state index in [-0.39, 0.29) is 20.5 Å². The third kappa shape index (κ3) is 3.38. The first kappa shape index (κ1) is 15.9. The van der Waals surface area contributed by atoms with Gasteiger partial charge in [0.05, 0.1) is 33.7 Å². The van der Waals surface area contributed by atoms with Crippen LogP contribution in [-0.2, 0) is 13.8 Å². The Morgan fingerprint density at radius 2 is 1.80 bits per heavy atom. The fourth-order valence-electron chi connectivity index (χ4n) is 1.80. The fourth-order valence-corrected chi connectivity index (χ4v) is 3.06. The number of nitrogens with zero attached hydrogens (tertiary/aromatic N) is 1. The number of morpholine rings is 1. The molecule has 110 valence electrons. The van der Waals surface area contributed by atoms with Crippen molar-refractivity contribution in [2.75, 3.05) is 26.3 Å².